The van der Waals surface area contributed by atoms with Crippen molar-refractivity contribution in [2.75, 3.05) is 31.1 Å². The molecule has 24 heavy (non-hydrogen) atoms. The fourth-order valence-corrected chi connectivity index (χ4v) is 3.01. The quantitative estimate of drug-likeness (QED) is 0.815. The van der Waals surface area contributed by atoms with Crippen LogP contribution in [0.3, 0.4) is 0 Å². The van der Waals surface area contributed by atoms with E-state index in [1.54, 1.807) is 0 Å². The average molecular weight is 348 g/mol. The third kappa shape index (κ3) is 5.20. The van der Waals surface area contributed by atoms with Gasteiger partial charge in [0.25, 0.3) is 0 Å². The molecule has 1 aromatic heterocycles. The first-order chi connectivity index (χ1) is 11.3. The summed E-state index contributed by atoms with van der Waals surface area (Å²) in [7, 11) is 0. The molecule has 1 aliphatic heterocycles. The fraction of sp³-hybridized carbons (Fsp3) is 0.421. The van der Waals surface area contributed by atoms with E-state index >= 15 is 0 Å². The van der Waals surface area contributed by atoms with Crippen LogP contribution in [0.5, 0.6) is 0 Å². The molecule has 3 rings (SSSR count). The Kier molecular flexibility index (Phi) is 7.50. The van der Waals surface area contributed by atoms with E-state index in [1.165, 1.54) is 16.8 Å². The Morgan fingerprint density at radius 1 is 1.25 bits per heavy atom. The first-order valence-corrected chi connectivity index (χ1v) is 8.37. The highest BCUT2D eigenvalue weighted by atomic mass is 35.5. The van der Waals surface area contributed by atoms with Crippen LogP contribution < -0.4 is 10.2 Å². The van der Waals surface area contributed by atoms with Crippen LogP contribution in [0.1, 0.15) is 18.1 Å². The smallest absolute Gasteiger partial charge is 0.0722 e. The number of halogens is 1. The molecule has 2 heterocycles. The second-order valence-electron chi connectivity index (χ2n) is 6.04. The molecule has 1 aliphatic rings. The maximum atomic E-state index is 5.65. The van der Waals surface area contributed by atoms with Gasteiger partial charge in [0.15, 0.2) is 0 Å². The molecule has 4 nitrogen and oxygen atoms in total. The standard InChI is InChI=1S/C19H25N3O.ClH/c1-16-15-22(11-12-23-16)19-7-3-2-6-18(19)14-21-10-8-17-5-4-9-20-13-17;/h2-7,9,13,16,21H,8,10-12,14-15H2,1H3;1H. The van der Waals surface area contributed by atoms with Gasteiger partial charge in [-0.3, -0.25) is 4.98 Å². The van der Waals surface area contributed by atoms with Crippen molar-refractivity contribution in [3.8, 4) is 0 Å². The molecule has 130 valence electrons. The summed E-state index contributed by atoms with van der Waals surface area (Å²) in [5.74, 6) is 0. The number of anilines is 1. The predicted molar refractivity (Wildman–Crippen MR) is 101 cm³/mol. The molecule has 1 N–H and O–H groups in total. The van der Waals surface area contributed by atoms with Crippen molar-refractivity contribution in [3.63, 3.8) is 0 Å². The van der Waals surface area contributed by atoms with Gasteiger partial charge in [0, 0.05) is 37.7 Å². The van der Waals surface area contributed by atoms with Crippen LogP contribution in [0.15, 0.2) is 48.8 Å². The Morgan fingerprint density at radius 2 is 2.12 bits per heavy atom. The van der Waals surface area contributed by atoms with Crippen molar-refractivity contribution in [3.05, 3.63) is 59.9 Å². The van der Waals surface area contributed by atoms with Gasteiger partial charge in [-0.05, 0) is 43.1 Å². The molecule has 1 saturated heterocycles. The van der Waals surface area contributed by atoms with E-state index in [-0.39, 0.29) is 12.4 Å². The molecule has 1 fully saturated rings. The Labute approximate surface area is 150 Å². The molecule has 1 aromatic carbocycles. The lowest BCUT2D eigenvalue weighted by Crippen LogP contribution is -2.41. The number of pyridine rings is 1. The zero-order valence-electron chi connectivity index (χ0n) is 14.1. The zero-order chi connectivity index (χ0) is 15.9. The average Bonchev–Trinajstić information content (AvgIpc) is 2.60. The molecule has 0 spiro atoms. The molecular weight excluding hydrogens is 322 g/mol. The first kappa shape index (κ1) is 18.7. The summed E-state index contributed by atoms with van der Waals surface area (Å²) < 4.78 is 5.65. The number of nitrogens with one attached hydrogen (secondary N) is 1. The molecular formula is C19H26ClN3O. The van der Waals surface area contributed by atoms with Crippen molar-refractivity contribution in [2.45, 2.75) is 26.0 Å². The lowest BCUT2D eigenvalue weighted by Gasteiger charge is -2.34. The van der Waals surface area contributed by atoms with E-state index in [4.69, 9.17) is 4.74 Å². The largest absolute Gasteiger partial charge is 0.375 e. The second-order valence-corrected chi connectivity index (χ2v) is 6.04. The summed E-state index contributed by atoms with van der Waals surface area (Å²) >= 11 is 0. The summed E-state index contributed by atoms with van der Waals surface area (Å²) in [5, 5.41) is 3.56. The van der Waals surface area contributed by atoms with Crippen LogP contribution in [0.2, 0.25) is 0 Å². The van der Waals surface area contributed by atoms with Gasteiger partial charge in [0.2, 0.25) is 0 Å². The SMILES string of the molecule is CC1CN(c2ccccc2CNCCc2cccnc2)CCO1.Cl. The molecule has 0 saturated carbocycles. The third-order valence-electron chi connectivity index (χ3n) is 4.20. The van der Waals surface area contributed by atoms with Gasteiger partial charge in [0.1, 0.15) is 0 Å². The van der Waals surface area contributed by atoms with Crippen LogP contribution in [-0.2, 0) is 17.7 Å². The Balaban J connectivity index is 0.00000208. The number of hydrogen-bond acceptors (Lipinski definition) is 4. The molecule has 0 radical (unpaired) electrons. The van der Waals surface area contributed by atoms with Crippen LogP contribution in [0, 0.1) is 0 Å². The first-order valence-electron chi connectivity index (χ1n) is 8.37. The van der Waals surface area contributed by atoms with Crippen LogP contribution in [0.25, 0.3) is 0 Å². The van der Waals surface area contributed by atoms with Gasteiger partial charge in [-0.2, -0.15) is 0 Å². The highest BCUT2D eigenvalue weighted by Crippen LogP contribution is 2.22. The molecule has 1 unspecified atom stereocenters. The van der Waals surface area contributed by atoms with E-state index in [0.29, 0.717) is 6.10 Å². The maximum absolute atomic E-state index is 5.65. The highest BCUT2D eigenvalue weighted by Gasteiger charge is 2.18. The number of nitrogens with zero attached hydrogens (tertiary/aromatic N) is 2. The molecule has 1 atom stereocenters. The summed E-state index contributed by atoms with van der Waals surface area (Å²) in [6.45, 7) is 6.73. The fourth-order valence-electron chi connectivity index (χ4n) is 3.01. The molecule has 0 bridgehead atoms. The van der Waals surface area contributed by atoms with Gasteiger partial charge in [0.05, 0.1) is 12.7 Å². The molecule has 2 aromatic rings. The van der Waals surface area contributed by atoms with Crippen molar-refractivity contribution in [1.29, 1.82) is 0 Å². The van der Waals surface area contributed by atoms with Gasteiger partial charge < -0.3 is 15.0 Å². The second kappa shape index (κ2) is 9.62. The number of hydrogen-bond donors (Lipinski definition) is 1. The van der Waals surface area contributed by atoms with E-state index in [2.05, 4.69) is 52.5 Å². The molecule has 0 aliphatic carbocycles. The number of rotatable bonds is 6. The minimum absolute atomic E-state index is 0. The van der Waals surface area contributed by atoms with Crippen LogP contribution in [0.4, 0.5) is 5.69 Å². The van der Waals surface area contributed by atoms with E-state index in [1.807, 2.05) is 18.5 Å². The lowest BCUT2D eigenvalue weighted by molar-refractivity contribution is 0.0531. The summed E-state index contributed by atoms with van der Waals surface area (Å²) in [5.41, 5.74) is 3.96. The van der Waals surface area contributed by atoms with Crippen molar-refractivity contribution in [2.24, 2.45) is 0 Å². The predicted octanol–water partition coefficient (Wildman–Crippen LogP) is 3.06. The van der Waals surface area contributed by atoms with Crippen molar-refractivity contribution < 1.29 is 4.74 Å². The molecule has 5 heteroatoms. The maximum Gasteiger partial charge on any atom is 0.0722 e. The Morgan fingerprint density at radius 3 is 2.92 bits per heavy atom. The number of benzene rings is 1. The monoisotopic (exact) mass is 347 g/mol. The number of ether oxygens (including phenoxy) is 1. The summed E-state index contributed by atoms with van der Waals surface area (Å²) in [6.07, 6.45) is 5.06. The van der Waals surface area contributed by atoms with Crippen molar-refractivity contribution in [1.82, 2.24) is 10.3 Å². The minimum Gasteiger partial charge on any atom is -0.375 e. The van der Waals surface area contributed by atoms with Gasteiger partial charge in [-0.1, -0.05) is 24.3 Å². The van der Waals surface area contributed by atoms with E-state index < -0.39 is 0 Å². The normalized spacial score (nSPS) is 17.4. The Bertz CT molecular complexity index is 609. The summed E-state index contributed by atoms with van der Waals surface area (Å²) in [6, 6.07) is 12.8. The van der Waals surface area contributed by atoms with Gasteiger partial charge >= 0.3 is 0 Å². The Hall–Kier alpha value is -1.62. The lowest BCUT2D eigenvalue weighted by atomic mass is 10.1. The topological polar surface area (TPSA) is 37.4 Å². The van der Waals surface area contributed by atoms with Gasteiger partial charge in [-0.15, -0.1) is 12.4 Å². The van der Waals surface area contributed by atoms with Crippen molar-refractivity contribution >= 4 is 18.1 Å². The highest BCUT2D eigenvalue weighted by molar-refractivity contribution is 5.85. The minimum atomic E-state index is 0. The van der Waals surface area contributed by atoms with Gasteiger partial charge in [-0.25, -0.2) is 0 Å². The third-order valence-corrected chi connectivity index (χ3v) is 4.20. The van der Waals surface area contributed by atoms with Crippen LogP contribution >= 0.6 is 12.4 Å². The van der Waals surface area contributed by atoms with E-state index in [9.17, 15) is 0 Å². The number of aromatic nitrogens is 1. The van der Waals surface area contributed by atoms with Crippen LogP contribution in [-0.4, -0.2) is 37.3 Å². The molecule has 0 amide bonds. The zero-order valence-corrected chi connectivity index (χ0v) is 15.0. The number of para-hydroxylation sites is 1. The van der Waals surface area contributed by atoms with E-state index in [0.717, 1.165) is 39.2 Å². The summed E-state index contributed by atoms with van der Waals surface area (Å²) in [4.78, 5) is 6.59. The number of morpholine rings is 1.